The second-order valence-corrected chi connectivity index (χ2v) is 3.42. The van der Waals surface area contributed by atoms with Crippen LogP contribution < -0.4 is 4.74 Å². The number of ether oxygens (including phenoxy) is 1. The fraction of sp³-hybridized carbons (Fsp3) is 0.182. The van der Waals surface area contributed by atoms with Gasteiger partial charge in [0.1, 0.15) is 5.75 Å². The summed E-state index contributed by atoms with van der Waals surface area (Å²) in [6.07, 6.45) is 1.22. The van der Waals surface area contributed by atoms with E-state index in [-0.39, 0.29) is 5.69 Å². The topological polar surface area (TPSA) is 77.2 Å². The second-order valence-electron chi connectivity index (χ2n) is 3.42. The highest BCUT2D eigenvalue weighted by Crippen LogP contribution is 2.13. The summed E-state index contributed by atoms with van der Waals surface area (Å²) in [4.78, 5) is 12.0. The SMILES string of the molecule is COc1cccc(Cn2ncc(C(=O)O)n2)c1. The Morgan fingerprint density at radius 2 is 2.35 bits per heavy atom. The highest BCUT2D eigenvalue weighted by atomic mass is 16.5. The number of methoxy groups -OCH3 is 1. The standard InChI is InChI=1S/C11H11N3O3/c1-17-9-4-2-3-8(5-9)7-14-12-6-10(13-14)11(15)16/h2-6H,7H2,1H3,(H,15,16). The lowest BCUT2D eigenvalue weighted by molar-refractivity contribution is 0.0689. The Morgan fingerprint density at radius 3 is 3.00 bits per heavy atom. The van der Waals surface area contributed by atoms with Gasteiger partial charge >= 0.3 is 5.97 Å². The number of carboxylic acid groups (broad SMARTS) is 1. The maximum Gasteiger partial charge on any atom is 0.358 e. The number of aromatic nitrogens is 3. The molecule has 1 N–H and O–H groups in total. The highest BCUT2D eigenvalue weighted by molar-refractivity contribution is 5.84. The smallest absolute Gasteiger partial charge is 0.358 e. The predicted octanol–water partition coefficient (Wildman–Crippen LogP) is 1.03. The van der Waals surface area contributed by atoms with E-state index in [0.29, 0.717) is 6.54 Å². The van der Waals surface area contributed by atoms with Crippen LogP contribution in [-0.4, -0.2) is 33.2 Å². The summed E-state index contributed by atoms with van der Waals surface area (Å²) >= 11 is 0. The van der Waals surface area contributed by atoms with Crippen LogP contribution in [0.5, 0.6) is 5.75 Å². The molecule has 1 aromatic carbocycles. The van der Waals surface area contributed by atoms with E-state index in [1.165, 1.54) is 11.0 Å². The van der Waals surface area contributed by atoms with Crippen LogP contribution >= 0.6 is 0 Å². The Balaban J connectivity index is 2.16. The molecule has 0 aliphatic heterocycles. The lowest BCUT2D eigenvalue weighted by Crippen LogP contribution is -2.05. The zero-order valence-corrected chi connectivity index (χ0v) is 9.20. The Morgan fingerprint density at radius 1 is 1.53 bits per heavy atom. The summed E-state index contributed by atoms with van der Waals surface area (Å²) in [5.41, 5.74) is 0.879. The molecule has 17 heavy (non-hydrogen) atoms. The van der Waals surface area contributed by atoms with Crippen molar-refractivity contribution in [2.24, 2.45) is 0 Å². The van der Waals surface area contributed by atoms with E-state index in [4.69, 9.17) is 9.84 Å². The van der Waals surface area contributed by atoms with Gasteiger partial charge in [0, 0.05) is 0 Å². The zero-order chi connectivity index (χ0) is 12.3. The molecule has 0 atom stereocenters. The van der Waals surface area contributed by atoms with Gasteiger partial charge in [0.25, 0.3) is 0 Å². The Bertz CT molecular complexity index is 536. The van der Waals surface area contributed by atoms with Crippen LogP contribution in [0.1, 0.15) is 16.1 Å². The van der Waals surface area contributed by atoms with Crippen molar-refractivity contribution in [1.82, 2.24) is 15.0 Å². The second kappa shape index (κ2) is 4.65. The zero-order valence-electron chi connectivity index (χ0n) is 9.20. The number of carboxylic acids is 1. The molecule has 0 radical (unpaired) electrons. The van der Waals surface area contributed by atoms with Crippen molar-refractivity contribution < 1.29 is 14.6 Å². The van der Waals surface area contributed by atoms with E-state index in [9.17, 15) is 4.79 Å². The van der Waals surface area contributed by atoms with Gasteiger partial charge in [-0.05, 0) is 17.7 Å². The molecule has 0 spiro atoms. The van der Waals surface area contributed by atoms with Crippen molar-refractivity contribution in [2.45, 2.75) is 6.54 Å². The number of aromatic carboxylic acids is 1. The molecule has 0 amide bonds. The van der Waals surface area contributed by atoms with Gasteiger partial charge in [-0.2, -0.15) is 9.90 Å². The molecule has 0 aliphatic carbocycles. The van der Waals surface area contributed by atoms with Crippen molar-refractivity contribution in [3.05, 3.63) is 41.7 Å². The number of hydrogen-bond donors (Lipinski definition) is 1. The summed E-state index contributed by atoms with van der Waals surface area (Å²) in [6, 6.07) is 7.44. The minimum Gasteiger partial charge on any atom is -0.497 e. The summed E-state index contributed by atoms with van der Waals surface area (Å²) in [5.74, 6) is -0.338. The molecule has 2 aromatic rings. The summed E-state index contributed by atoms with van der Waals surface area (Å²) in [6.45, 7) is 0.407. The average Bonchev–Trinajstić information content (AvgIpc) is 2.78. The number of rotatable bonds is 4. The number of hydrogen-bond acceptors (Lipinski definition) is 4. The van der Waals surface area contributed by atoms with Gasteiger partial charge in [0.2, 0.25) is 0 Å². The molecule has 0 saturated heterocycles. The van der Waals surface area contributed by atoms with Crippen LogP contribution in [-0.2, 0) is 6.54 Å². The van der Waals surface area contributed by atoms with E-state index in [1.54, 1.807) is 7.11 Å². The number of benzene rings is 1. The van der Waals surface area contributed by atoms with E-state index in [0.717, 1.165) is 11.3 Å². The summed E-state index contributed by atoms with van der Waals surface area (Å²) < 4.78 is 5.09. The normalized spacial score (nSPS) is 10.2. The van der Waals surface area contributed by atoms with Gasteiger partial charge in [-0.25, -0.2) is 4.79 Å². The molecule has 0 fully saturated rings. The van der Waals surface area contributed by atoms with E-state index in [2.05, 4.69) is 10.2 Å². The summed E-state index contributed by atoms with van der Waals surface area (Å²) in [5, 5.41) is 16.4. The fourth-order valence-corrected chi connectivity index (χ4v) is 1.41. The molecule has 6 nitrogen and oxygen atoms in total. The molecular weight excluding hydrogens is 222 g/mol. The highest BCUT2D eigenvalue weighted by Gasteiger charge is 2.08. The first-order valence-corrected chi connectivity index (χ1v) is 4.95. The van der Waals surface area contributed by atoms with Crippen molar-refractivity contribution in [1.29, 1.82) is 0 Å². The molecule has 6 heteroatoms. The predicted molar refractivity (Wildman–Crippen MR) is 59.1 cm³/mol. The third kappa shape index (κ3) is 2.60. The molecule has 0 saturated carbocycles. The third-order valence-electron chi connectivity index (χ3n) is 2.21. The van der Waals surface area contributed by atoms with E-state index < -0.39 is 5.97 Å². The van der Waals surface area contributed by atoms with Crippen LogP contribution in [0.25, 0.3) is 0 Å². The maximum atomic E-state index is 10.6. The van der Waals surface area contributed by atoms with Gasteiger partial charge in [-0.1, -0.05) is 12.1 Å². The maximum absolute atomic E-state index is 10.6. The number of carbonyl (C=O) groups is 1. The van der Waals surface area contributed by atoms with E-state index >= 15 is 0 Å². The van der Waals surface area contributed by atoms with Crippen molar-refractivity contribution in [2.75, 3.05) is 7.11 Å². The van der Waals surface area contributed by atoms with Gasteiger partial charge in [0.15, 0.2) is 5.69 Å². The molecule has 0 bridgehead atoms. The van der Waals surface area contributed by atoms with Crippen LogP contribution in [0, 0.1) is 0 Å². The van der Waals surface area contributed by atoms with Gasteiger partial charge in [-0.15, -0.1) is 5.10 Å². The van der Waals surface area contributed by atoms with Gasteiger partial charge < -0.3 is 9.84 Å². The van der Waals surface area contributed by atoms with Crippen LogP contribution in [0.15, 0.2) is 30.5 Å². The van der Waals surface area contributed by atoms with Crippen LogP contribution in [0.2, 0.25) is 0 Å². The average molecular weight is 233 g/mol. The Kier molecular flexibility index (Phi) is 3.04. The fourth-order valence-electron chi connectivity index (χ4n) is 1.41. The first-order chi connectivity index (χ1) is 8.19. The molecule has 2 rings (SSSR count). The van der Waals surface area contributed by atoms with Crippen LogP contribution in [0.4, 0.5) is 0 Å². The molecule has 1 heterocycles. The molecule has 88 valence electrons. The summed E-state index contributed by atoms with van der Waals surface area (Å²) in [7, 11) is 1.59. The lowest BCUT2D eigenvalue weighted by Gasteiger charge is -2.03. The van der Waals surface area contributed by atoms with Crippen molar-refractivity contribution in [3.63, 3.8) is 0 Å². The lowest BCUT2D eigenvalue weighted by atomic mass is 10.2. The van der Waals surface area contributed by atoms with E-state index in [1.807, 2.05) is 24.3 Å². The van der Waals surface area contributed by atoms with Crippen molar-refractivity contribution >= 4 is 5.97 Å². The monoisotopic (exact) mass is 233 g/mol. The largest absolute Gasteiger partial charge is 0.497 e. The minimum atomic E-state index is -1.08. The first-order valence-electron chi connectivity index (χ1n) is 4.95. The van der Waals surface area contributed by atoms with Gasteiger partial charge in [0.05, 0.1) is 19.9 Å². The minimum absolute atomic E-state index is 0.0621. The molecular formula is C11H11N3O3. The molecule has 1 aromatic heterocycles. The van der Waals surface area contributed by atoms with Crippen molar-refractivity contribution in [3.8, 4) is 5.75 Å². The Hall–Kier alpha value is -2.37. The molecule has 0 unspecified atom stereocenters. The quantitative estimate of drug-likeness (QED) is 0.853. The van der Waals surface area contributed by atoms with Gasteiger partial charge in [-0.3, -0.25) is 0 Å². The molecule has 0 aliphatic rings. The first kappa shape index (κ1) is 11.1. The number of nitrogens with zero attached hydrogens (tertiary/aromatic N) is 3. The Labute approximate surface area is 97.4 Å². The third-order valence-corrected chi connectivity index (χ3v) is 2.21. The van der Waals surface area contributed by atoms with Crippen LogP contribution in [0.3, 0.4) is 0 Å².